The number of nitrogens with zero attached hydrogens (tertiary/aromatic N) is 1. The lowest BCUT2D eigenvalue weighted by Gasteiger charge is -2.14. The molecule has 0 aliphatic carbocycles. The molecule has 0 unspecified atom stereocenters. The van der Waals surface area contributed by atoms with Gasteiger partial charge in [-0.05, 0) is 42.0 Å². The van der Waals surface area contributed by atoms with Gasteiger partial charge in [0.25, 0.3) is 5.91 Å². The monoisotopic (exact) mass is 409 g/mol. The number of thiocarbonyl (C=S) groups is 1. The molecular weight excluding hydrogens is 401 g/mol. The SMILES string of the molecule is O=C(O)c1cccc(N2C(=O)/C(=C\c3ccc(Cl)cc3Cl)SC2=S)c1. The Morgan fingerprint density at radius 3 is 2.64 bits per heavy atom. The fourth-order valence-electron chi connectivity index (χ4n) is 2.23. The Balaban J connectivity index is 1.96. The first-order valence-electron chi connectivity index (χ1n) is 6.93. The Morgan fingerprint density at radius 1 is 1.20 bits per heavy atom. The number of anilines is 1. The normalized spacial score (nSPS) is 15.9. The van der Waals surface area contributed by atoms with Crippen molar-refractivity contribution < 1.29 is 14.7 Å². The summed E-state index contributed by atoms with van der Waals surface area (Å²) in [5, 5.41) is 10.0. The van der Waals surface area contributed by atoms with Crippen molar-refractivity contribution in [1.29, 1.82) is 0 Å². The second-order valence-electron chi connectivity index (χ2n) is 5.04. The van der Waals surface area contributed by atoms with Crippen molar-refractivity contribution in [1.82, 2.24) is 0 Å². The predicted octanol–water partition coefficient (Wildman–Crippen LogP) is 5.10. The van der Waals surface area contributed by atoms with Gasteiger partial charge in [-0.15, -0.1) is 0 Å². The average Bonchev–Trinajstić information content (AvgIpc) is 2.84. The second-order valence-corrected chi connectivity index (χ2v) is 7.56. The van der Waals surface area contributed by atoms with Crippen LogP contribution in [0.2, 0.25) is 10.0 Å². The largest absolute Gasteiger partial charge is 0.478 e. The number of halogens is 2. The van der Waals surface area contributed by atoms with Crippen LogP contribution >= 0.6 is 47.2 Å². The summed E-state index contributed by atoms with van der Waals surface area (Å²) in [6.07, 6.45) is 1.64. The Labute approximate surface area is 163 Å². The Kier molecular flexibility index (Phi) is 5.15. The highest BCUT2D eigenvalue weighted by molar-refractivity contribution is 8.27. The van der Waals surface area contributed by atoms with Crippen molar-refractivity contribution in [3.05, 3.63) is 68.5 Å². The first kappa shape index (κ1) is 17.9. The van der Waals surface area contributed by atoms with Gasteiger partial charge in [0.2, 0.25) is 0 Å². The minimum absolute atomic E-state index is 0.0799. The number of carbonyl (C=O) groups excluding carboxylic acids is 1. The third-order valence-electron chi connectivity index (χ3n) is 3.39. The molecule has 0 atom stereocenters. The summed E-state index contributed by atoms with van der Waals surface area (Å²) in [4.78, 5) is 25.5. The van der Waals surface area contributed by atoms with E-state index in [1.807, 2.05) is 0 Å². The molecule has 1 N–H and O–H groups in total. The Hall–Kier alpha value is -1.86. The Morgan fingerprint density at radius 2 is 1.96 bits per heavy atom. The summed E-state index contributed by atoms with van der Waals surface area (Å²) in [6, 6.07) is 11.0. The third kappa shape index (κ3) is 3.72. The maximum absolute atomic E-state index is 12.7. The molecule has 0 radical (unpaired) electrons. The molecule has 2 aromatic rings. The van der Waals surface area contributed by atoms with Crippen LogP contribution in [-0.4, -0.2) is 21.3 Å². The number of hydrogen-bond acceptors (Lipinski definition) is 4. The van der Waals surface area contributed by atoms with E-state index in [-0.39, 0.29) is 11.5 Å². The van der Waals surface area contributed by atoms with Gasteiger partial charge in [0.15, 0.2) is 4.32 Å². The van der Waals surface area contributed by atoms with Crippen LogP contribution in [-0.2, 0) is 4.79 Å². The van der Waals surface area contributed by atoms with Crippen molar-refractivity contribution in [2.45, 2.75) is 0 Å². The van der Waals surface area contributed by atoms with Crippen LogP contribution < -0.4 is 4.90 Å². The second kappa shape index (κ2) is 7.17. The van der Waals surface area contributed by atoms with E-state index in [9.17, 15) is 9.59 Å². The highest BCUT2D eigenvalue weighted by Crippen LogP contribution is 2.37. The summed E-state index contributed by atoms with van der Waals surface area (Å²) in [7, 11) is 0. The molecule has 126 valence electrons. The summed E-state index contributed by atoms with van der Waals surface area (Å²) < 4.78 is 0.323. The molecule has 1 heterocycles. The molecular formula is C17H9Cl2NO3S2. The van der Waals surface area contributed by atoms with Crippen molar-refractivity contribution in [2.75, 3.05) is 4.90 Å². The topological polar surface area (TPSA) is 57.6 Å². The Bertz CT molecular complexity index is 943. The van der Waals surface area contributed by atoms with E-state index < -0.39 is 5.97 Å². The molecule has 8 heteroatoms. The first-order chi connectivity index (χ1) is 11.9. The maximum Gasteiger partial charge on any atom is 0.335 e. The van der Waals surface area contributed by atoms with Crippen LogP contribution in [0.3, 0.4) is 0 Å². The van der Waals surface area contributed by atoms with E-state index in [4.69, 9.17) is 40.5 Å². The van der Waals surface area contributed by atoms with E-state index in [0.29, 0.717) is 30.5 Å². The number of carboxylic acids is 1. The number of hydrogen-bond donors (Lipinski definition) is 1. The standard InChI is InChI=1S/C17H9Cl2NO3S2/c18-11-5-4-9(13(19)8-11)7-14-15(21)20(17(24)25-14)12-3-1-2-10(6-12)16(22)23/h1-8H,(H,22,23)/b14-7+. The van der Waals surface area contributed by atoms with Gasteiger partial charge in [-0.3, -0.25) is 9.69 Å². The van der Waals surface area contributed by atoms with Crippen LogP contribution in [0.4, 0.5) is 5.69 Å². The van der Waals surface area contributed by atoms with Gasteiger partial charge >= 0.3 is 5.97 Å². The van der Waals surface area contributed by atoms with E-state index >= 15 is 0 Å². The van der Waals surface area contributed by atoms with Gasteiger partial charge in [-0.25, -0.2) is 4.79 Å². The lowest BCUT2D eigenvalue weighted by molar-refractivity contribution is -0.113. The molecule has 2 aromatic carbocycles. The molecule has 0 bridgehead atoms. The fraction of sp³-hybridized carbons (Fsp3) is 0. The summed E-state index contributed by atoms with van der Waals surface area (Å²) in [6.45, 7) is 0. The predicted molar refractivity (Wildman–Crippen MR) is 106 cm³/mol. The molecule has 3 rings (SSSR count). The number of carbonyl (C=O) groups is 2. The van der Waals surface area contributed by atoms with E-state index in [1.54, 1.807) is 36.4 Å². The zero-order valence-electron chi connectivity index (χ0n) is 12.4. The number of aromatic carboxylic acids is 1. The molecule has 1 amide bonds. The van der Waals surface area contributed by atoms with Crippen molar-refractivity contribution in [2.24, 2.45) is 0 Å². The van der Waals surface area contributed by atoms with Crippen LogP contribution in [0.1, 0.15) is 15.9 Å². The molecule has 4 nitrogen and oxygen atoms in total. The van der Waals surface area contributed by atoms with Gasteiger partial charge in [-0.1, -0.05) is 59.3 Å². The molecule has 1 fully saturated rings. The van der Waals surface area contributed by atoms with Gasteiger partial charge in [0, 0.05) is 10.0 Å². The highest BCUT2D eigenvalue weighted by atomic mass is 35.5. The van der Waals surface area contributed by atoms with E-state index in [2.05, 4.69) is 0 Å². The zero-order chi connectivity index (χ0) is 18.1. The van der Waals surface area contributed by atoms with Gasteiger partial charge in [-0.2, -0.15) is 0 Å². The van der Waals surface area contributed by atoms with E-state index in [1.165, 1.54) is 17.0 Å². The third-order valence-corrected chi connectivity index (χ3v) is 5.26. The molecule has 0 aromatic heterocycles. The smallest absolute Gasteiger partial charge is 0.335 e. The maximum atomic E-state index is 12.7. The molecule has 0 saturated carbocycles. The molecule has 25 heavy (non-hydrogen) atoms. The fourth-order valence-corrected chi connectivity index (χ4v) is 3.98. The van der Waals surface area contributed by atoms with E-state index in [0.717, 1.165) is 11.8 Å². The summed E-state index contributed by atoms with van der Waals surface area (Å²) >= 11 is 18.4. The summed E-state index contributed by atoms with van der Waals surface area (Å²) in [5.74, 6) is -1.40. The number of carboxylic acid groups (broad SMARTS) is 1. The highest BCUT2D eigenvalue weighted by Gasteiger charge is 2.33. The quantitative estimate of drug-likeness (QED) is 0.564. The zero-order valence-corrected chi connectivity index (χ0v) is 15.5. The summed E-state index contributed by atoms with van der Waals surface area (Å²) in [5.41, 5.74) is 1.13. The first-order valence-corrected chi connectivity index (χ1v) is 8.91. The minimum atomic E-state index is -1.07. The lowest BCUT2D eigenvalue weighted by Crippen LogP contribution is -2.27. The molecule has 0 spiro atoms. The van der Waals surface area contributed by atoms with Gasteiger partial charge in [0.1, 0.15) is 0 Å². The number of rotatable bonds is 3. The van der Waals surface area contributed by atoms with Crippen molar-refractivity contribution in [3.8, 4) is 0 Å². The molecule has 1 aliphatic rings. The number of thioether (sulfide) groups is 1. The van der Waals surface area contributed by atoms with Crippen molar-refractivity contribution in [3.63, 3.8) is 0 Å². The van der Waals surface area contributed by atoms with Crippen molar-refractivity contribution >= 4 is 75.1 Å². The van der Waals surface area contributed by atoms with Crippen LogP contribution in [0, 0.1) is 0 Å². The van der Waals surface area contributed by atoms with Crippen LogP contribution in [0.5, 0.6) is 0 Å². The van der Waals surface area contributed by atoms with Gasteiger partial charge < -0.3 is 5.11 Å². The number of amides is 1. The average molecular weight is 410 g/mol. The minimum Gasteiger partial charge on any atom is -0.478 e. The number of benzene rings is 2. The van der Waals surface area contributed by atoms with Crippen LogP contribution in [0.25, 0.3) is 6.08 Å². The van der Waals surface area contributed by atoms with Crippen LogP contribution in [0.15, 0.2) is 47.4 Å². The molecule has 1 saturated heterocycles. The molecule has 1 aliphatic heterocycles. The lowest BCUT2D eigenvalue weighted by atomic mass is 10.2. The van der Waals surface area contributed by atoms with Gasteiger partial charge in [0.05, 0.1) is 16.2 Å².